The van der Waals surface area contributed by atoms with Crippen molar-refractivity contribution in [3.05, 3.63) is 0 Å². The van der Waals surface area contributed by atoms with Crippen molar-refractivity contribution in [1.82, 2.24) is 4.90 Å². The number of carbonyl (C=O) groups excluding carboxylic acids is 1. The van der Waals surface area contributed by atoms with Crippen LogP contribution >= 0.6 is 0 Å². The fraction of sp³-hybridized carbons (Fsp3) is 0.600. The molecule has 0 fully saturated rings. The van der Waals surface area contributed by atoms with E-state index >= 15 is 0 Å². The summed E-state index contributed by atoms with van der Waals surface area (Å²) in [6.07, 6.45) is 2.56. The molecule has 1 amide bonds. The number of rotatable bonds is 0. The zero-order valence-electron chi connectivity index (χ0n) is 4.72. The average molecular weight is 111 g/mol. The molecule has 1 rings (SSSR count). The van der Waals surface area contributed by atoms with E-state index in [2.05, 4.69) is 11.3 Å². The van der Waals surface area contributed by atoms with Crippen LogP contribution in [0.15, 0.2) is 4.99 Å². The molecule has 8 heavy (non-hydrogen) atoms. The second-order valence-corrected chi connectivity index (χ2v) is 1.65. The zero-order chi connectivity index (χ0) is 5.98. The van der Waals surface area contributed by atoms with Crippen molar-refractivity contribution in [2.24, 2.45) is 4.99 Å². The summed E-state index contributed by atoms with van der Waals surface area (Å²) in [6.45, 7) is 2.92. The van der Waals surface area contributed by atoms with Gasteiger partial charge in [-0.05, 0) is 0 Å². The quantitative estimate of drug-likeness (QED) is 0.424. The smallest absolute Gasteiger partial charge is 0.225 e. The monoisotopic (exact) mass is 111 g/mol. The number of amides is 1. The first-order valence-electron chi connectivity index (χ1n) is 2.51. The summed E-state index contributed by atoms with van der Waals surface area (Å²) in [6, 6.07) is 0. The predicted molar refractivity (Wildman–Crippen MR) is 29.7 cm³/mol. The highest BCUT2D eigenvalue weighted by molar-refractivity contribution is 5.86. The standard InChI is InChI=1S/C5H7N2O/c1-5(8)7-3-2-6-4-7/h2-3H2,1H3. The predicted octanol–water partition coefficient (Wildman–Crippen LogP) is -0.246. The largest absolute Gasteiger partial charge is 0.292 e. The Morgan fingerprint density at radius 2 is 2.62 bits per heavy atom. The maximum atomic E-state index is 10.4. The van der Waals surface area contributed by atoms with Crippen LogP contribution in [-0.4, -0.2) is 30.2 Å². The van der Waals surface area contributed by atoms with Gasteiger partial charge in [0.05, 0.1) is 6.54 Å². The van der Waals surface area contributed by atoms with Gasteiger partial charge in [-0.25, -0.2) is 0 Å². The summed E-state index contributed by atoms with van der Waals surface area (Å²) in [7, 11) is 0. The van der Waals surface area contributed by atoms with Crippen molar-refractivity contribution >= 4 is 12.2 Å². The molecule has 43 valence electrons. The van der Waals surface area contributed by atoms with Crippen LogP contribution in [-0.2, 0) is 4.79 Å². The normalized spacial score (nSPS) is 17.4. The van der Waals surface area contributed by atoms with E-state index in [1.54, 1.807) is 0 Å². The van der Waals surface area contributed by atoms with Crippen LogP contribution in [0.3, 0.4) is 0 Å². The van der Waals surface area contributed by atoms with E-state index in [1.807, 2.05) is 0 Å². The van der Waals surface area contributed by atoms with Gasteiger partial charge >= 0.3 is 0 Å². The average Bonchev–Trinajstić information content (AvgIpc) is 2.12. The summed E-state index contributed by atoms with van der Waals surface area (Å²) in [5, 5.41) is 0. The molecule has 3 heteroatoms. The Bertz CT molecular complexity index is 130. The highest BCUT2D eigenvalue weighted by Gasteiger charge is 2.08. The number of hydrogen-bond acceptors (Lipinski definition) is 2. The van der Waals surface area contributed by atoms with Crippen molar-refractivity contribution in [2.75, 3.05) is 13.1 Å². The molecule has 0 bridgehead atoms. The van der Waals surface area contributed by atoms with E-state index in [1.165, 1.54) is 11.8 Å². The Morgan fingerprint density at radius 3 is 2.88 bits per heavy atom. The highest BCUT2D eigenvalue weighted by atomic mass is 16.2. The second kappa shape index (κ2) is 1.94. The molecule has 0 aromatic carbocycles. The van der Waals surface area contributed by atoms with E-state index in [0.717, 1.165) is 0 Å². The first-order chi connectivity index (χ1) is 3.80. The van der Waals surface area contributed by atoms with Gasteiger partial charge in [0, 0.05) is 13.5 Å². The molecule has 0 saturated heterocycles. The summed E-state index contributed by atoms with van der Waals surface area (Å²) in [5.41, 5.74) is 0. The van der Waals surface area contributed by atoms with Crippen LogP contribution in [0.1, 0.15) is 6.92 Å². The molecule has 1 heterocycles. The van der Waals surface area contributed by atoms with Crippen LogP contribution in [0.25, 0.3) is 0 Å². The molecule has 0 aliphatic carbocycles. The Kier molecular flexibility index (Phi) is 1.28. The minimum Gasteiger partial charge on any atom is -0.292 e. The van der Waals surface area contributed by atoms with Gasteiger partial charge < -0.3 is 0 Å². The molecule has 0 atom stereocenters. The topological polar surface area (TPSA) is 32.7 Å². The lowest BCUT2D eigenvalue weighted by Crippen LogP contribution is -2.24. The lowest BCUT2D eigenvalue weighted by molar-refractivity contribution is -0.124. The minimum absolute atomic E-state index is 0.0197. The van der Waals surface area contributed by atoms with Gasteiger partial charge in [-0.2, -0.15) is 0 Å². The van der Waals surface area contributed by atoms with Crippen molar-refractivity contribution in [3.8, 4) is 0 Å². The summed E-state index contributed by atoms with van der Waals surface area (Å²) in [5.74, 6) is 0.0197. The maximum absolute atomic E-state index is 10.4. The maximum Gasteiger partial charge on any atom is 0.225 e. The number of aliphatic imine (C=N–C) groups is 1. The molecule has 0 aromatic heterocycles. The molecule has 0 aromatic rings. The summed E-state index contributed by atoms with van der Waals surface area (Å²) >= 11 is 0. The van der Waals surface area contributed by atoms with E-state index in [4.69, 9.17) is 0 Å². The molecule has 0 unspecified atom stereocenters. The molecule has 1 radical (unpaired) electrons. The Balaban J connectivity index is 2.48. The van der Waals surface area contributed by atoms with E-state index < -0.39 is 0 Å². The molecule has 0 saturated carbocycles. The Labute approximate surface area is 48.0 Å². The Morgan fingerprint density at radius 1 is 1.88 bits per heavy atom. The fourth-order valence-electron chi connectivity index (χ4n) is 0.563. The SMILES string of the molecule is CC(=O)N1[C]=NCC1. The zero-order valence-corrected chi connectivity index (χ0v) is 4.72. The van der Waals surface area contributed by atoms with Gasteiger partial charge in [0.15, 0.2) is 6.34 Å². The van der Waals surface area contributed by atoms with Gasteiger partial charge in [0.2, 0.25) is 5.91 Å². The van der Waals surface area contributed by atoms with Crippen LogP contribution in [0.2, 0.25) is 0 Å². The van der Waals surface area contributed by atoms with Crippen LogP contribution < -0.4 is 0 Å². The minimum atomic E-state index is 0.0197. The van der Waals surface area contributed by atoms with Crippen LogP contribution in [0, 0.1) is 0 Å². The lowest BCUT2D eigenvalue weighted by atomic mass is 10.5. The number of hydrogen-bond donors (Lipinski definition) is 0. The van der Waals surface area contributed by atoms with Crippen LogP contribution in [0.4, 0.5) is 0 Å². The van der Waals surface area contributed by atoms with E-state index in [-0.39, 0.29) is 5.91 Å². The molecule has 1 aliphatic rings. The van der Waals surface area contributed by atoms with Gasteiger partial charge in [-0.1, -0.05) is 0 Å². The molecule has 3 nitrogen and oxygen atoms in total. The molecular formula is C5H7N2O. The highest BCUT2D eigenvalue weighted by Crippen LogP contribution is 1.91. The first-order valence-corrected chi connectivity index (χ1v) is 2.51. The molecule has 0 N–H and O–H groups in total. The molecule has 1 aliphatic heterocycles. The van der Waals surface area contributed by atoms with Crippen molar-refractivity contribution < 1.29 is 4.79 Å². The Hall–Kier alpha value is -0.860. The van der Waals surface area contributed by atoms with Gasteiger partial charge in [-0.15, -0.1) is 0 Å². The van der Waals surface area contributed by atoms with E-state index in [0.29, 0.717) is 13.1 Å². The van der Waals surface area contributed by atoms with Gasteiger partial charge in [-0.3, -0.25) is 14.7 Å². The second-order valence-electron chi connectivity index (χ2n) is 1.65. The van der Waals surface area contributed by atoms with Crippen molar-refractivity contribution in [2.45, 2.75) is 6.92 Å². The molecular weight excluding hydrogens is 104 g/mol. The lowest BCUT2D eigenvalue weighted by Gasteiger charge is -2.04. The summed E-state index contributed by atoms with van der Waals surface area (Å²) in [4.78, 5) is 15.7. The van der Waals surface area contributed by atoms with Crippen molar-refractivity contribution in [1.29, 1.82) is 0 Å². The number of nitrogens with zero attached hydrogens (tertiary/aromatic N) is 2. The number of carbonyl (C=O) groups is 1. The first kappa shape index (κ1) is 5.28. The van der Waals surface area contributed by atoms with Gasteiger partial charge in [0.25, 0.3) is 0 Å². The fourth-order valence-corrected chi connectivity index (χ4v) is 0.563. The van der Waals surface area contributed by atoms with Crippen LogP contribution in [0.5, 0.6) is 0 Å². The molecule has 0 spiro atoms. The third-order valence-corrected chi connectivity index (χ3v) is 1.01. The van der Waals surface area contributed by atoms with Gasteiger partial charge in [0.1, 0.15) is 0 Å². The third kappa shape index (κ3) is 0.857. The summed E-state index contributed by atoms with van der Waals surface area (Å²) < 4.78 is 0. The van der Waals surface area contributed by atoms with E-state index in [9.17, 15) is 4.79 Å². The van der Waals surface area contributed by atoms with Crippen molar-refractivity contribution in [3.63, 3.8) is 0 Å². The third-order valence-electron chi connectivity index (χ3n) is 1.01.